The number of rotatable bonds is 6. The number of ether oxygens (including phenoxy) is 2. The first-order chi connectivity index (χ1) is 13.3. The van der Waals surface area contributed by atoms with Gasteiger partial charge in [0.15, 0.2) is 6.61 Å². The molecule has 0 atom stereocenters. The minimum Gasteiger partial charge on any atom is -0.496 e. The number of nitrogens with two attached hydrogens (primary N) is 1. The highest BCUT2D eigenvalue weighted by Crippen LogP contribution is 2.25. The lowest BCUT2D eigenvalue weighted by molar-refractivity contribution is -0.119. The van der Waals surface area contributed by atoms with Crippen molar-refractivity contribution < 1.29 is 27.5 Å². The number of anilines is 1. The van der Waals surface area contributed by atoms with Gasteiger partial charge in [0, 0.05) is 5.69 Å². The van der Waals surface area contributed by atoms with Gasteiger partial charge in [0.1, 0.15) is 11.3 Å². The smallest absolute Gasteiger partial charge is 0.342 e. The second-order valence-electron chi connectivity index (χ2n) is 6.37. The van der Waals surface area contributed by atoms with Crippen LogP contribution in [0.3, 0.4) is 0 Å². The van der Waals surface area contributed by atoms with Crippen molar-refractivity contribution in [3.05, 3.63) is 53.1 Å². The maximum absolute atomic E-state index is 12.3. The average Bonchev–Trinajstić information content (AvgIpc) is 3.12. The number of amides is 1. The van der Waals surface area contributed by atoms with E-state index in [0.29, 0.717) is 5.69 Å². The third-order valence-electron chi connectivity index (χ3n) is 4.44. The van der Waals surface area contributed by atoms with Crippen molar-refractivity contribution >= 4 is 27.6 Å². The van der Waals surface area contributed by atoms with Crippen molar-refractivity contribution in [2.45, 2.75) is 24.2 Å². The summed E-state index contributed by atoms with van der Waals surface area (Å²) in [6.45, 7) is -0.529. The third-order valence-corrected chi connectivity index (χ3v) is 5.35. The molecule has 0 bridgehead atoms. The number of fused-ring (bicyclic) bond motifs is 1. The highest BCUT2D eigenvalue weighted by atomic mass is 32.2. The van der Waals surface area contributed by atoms with Gasteiger partial charge < -0.3 is 14.8 Å². The van der Waals surface area contributed by atoms with E-state index in [1.807, 2.05) is 18.2 Å². The van der Waals surface area contributed by atoms with Crippen molar-refractivity contribution in [1.29, 1.82) is 0 Å². The number of aryl methyl sites for hydroxylation is 2. The molecule has 0 fully saturated rings. The fourth-order valence-corrected chi connectivity index (χ4v) is 3.62. The summed E-state index contributed by atoms with van der Waals surface area (Å²) in [6, 6.07) is 9.26. The van der Waals surface area contributed by atoms with Crippen molar-refractivity contribution in [3.8, 4) is 5.75 Å². The fraction of sp³-hybridized carbons (Fsp3) is 0.263. The molecule has 0 radical (unpaired) electrons. The molecule has 148 valence electrons. The number of benzene rings is 2. The zero-order valence-electron chi connectivity index (χ0n) is 15.2. The maximum atomic E-state index is 12.3. The summed E-state index contributed by atoms with van der Waals surface area (Å²) in [5, 5.41) is 7.76. The van der Waals surface area contributed by atoms with Gasteiger partial charge in [-0.25, -0.2) is 18.4 Å². The molecule has 8 nitrogen and oxygen atoms in total. The molecule has 1 aliphatic rings. The molecule has 0 spiro atoms. The predicted octanol–water partition coefficient (Wildman–Crippen LogP) is 1.63. The third kappa shape index (κ3) is 4.49. The normalized spacial score (nSPS) is 12.9. The summed E-state index contributed by atoms with van der Waals surface area (Å²) in [5.41, 5.74) is 2.99. The minimum atomic E-state index is -4.00. The molecule has 0 aromatic heterocycles. The molecular formula is C19H20N2O6S. The van der Waals surface area contributed by atoms with E-state index < -0.39 is 28.5 Å². The molecule has 0 saturated carbocycles. The van der Waals surface area contributed by atoms with E-state index in [1.165, 1.54) is 30.4 Å². The lowest BCUT2D eigenvalue weighted by Crippen LogP contribution is -2.21. The molecule has 0 aliphatic heterocycles. The van der Waals surface area contributed by atoms with Gasteiger partial charge in [-0.2, -0.15) is 0 Å². The lowest BCUT2D eigenvalue weighted by Gasteiger charge is -2.11. The Hall–Kier alpha value is -2.91. The summed E-state index contributed by atoms with van der Waals surface area (Å²) in [5.74, 6) is -1.30. The second-order valence-corrected chi connectivity index (χ2v) is 7.93. The van der Waals surface area contributed by atoms with Crippen LogP contribution in [0.25, 0.3) is 0 Å². The van der Waals surface area contributed by atoms with Gasteiger partial charge in [0.2, 0.25) is 10.0 Å². The molecule has 3 N–H and O–H groups in total. The molecule has 9 heteroatoms. The Balaban J connectivity index is 1.65. The second kappa shape index (κ2) is 7.99. The molecule has 3 rings (SSSR count). The van der Waals surface area contributed by atoms with Crippen LogP contribution in [0, 0.1) is 0 Å². The van der Waals surface area contributed by atoms with Gasteiger partial charge in [-0.3, -0.25) is 4.79 Å². The Morgan fingerprint density at radius 2 is 1.86 bits per heavy atom. The quantitative estimate of drug-likeness (QED) is 0.705. The Bertz CT molecular complexity index is 1030. The topological polar surface area (TPSA) is 125 Å². The Kier molecular flexibility index (Phi) is 5.66. The first-order valence-corrected chi connectivity index (χ1v) is 10.1. The fourth-order valence-electron chi connectivity index (χ4n) is 3.08. The molecule has 2 aromatic rings. The number of carbonyl (C=O) groups is 2. The zero-order valence-corrected chi connectivity index (χ0v) is 16.0. The van der Waals surface area contributed by atoms with Crippen LogP contribution in [0.2, 0.25) is 0 Å². The minimum absolute atomic E-state index is 0.108. The Morgan fingerprint density at radius 1 is 1.11 bits per heavy atom. The van der Waals surface area contributed by atoms with E-state index in [-0.39, 0.29) is 16.2 Å². The van der Waals surface area contributed by atoms with Crippen molar-refractivity contribution in [3.63, 3.8) is 0 Å². The number of esters is 1. The number of primary sulfonamides is 1. The number of carbonyl (C=O) groups excluding carboxylic acids is 2. The van der Waals surface area contributed by atoms with Crippen molar-refractivity contribution in [2.24, 2.45) is 5.14 Å². The molecule has 2 aromatic carbocycles. The van der Waals surface area contributed by atoms with Crippen LogP contribution < -0.4 is 15.2 Å². The number of nitrogens with one attached hydrogen (secondary N) is 1. The van der Waals surface area contributed by atoms with Crippen LogP contribution >= 0.6 is 0 Å². The van der Waals surface area contributed by atoms with Crippen LogP contribution in [0.4, 0.5) is 5.69 Å². The Labute approximate surface area is 162 Å². The molecule has 1 aliphatic carbocycles. The Morgan fingerprint density at radius 3 is 2.57 bits per heavy atom. The van der Waals surface area contributed by atoms with Crippen molar-refractivity contribution in [2.75, 3.05) is 19.0 Å². The number of hydrogen-bond acceptors (Lipinski definition) is 6. The van der Waals surface area contributed by atoms with Crippen LogP contribution in [-0.2, 0) is 32.4 Å². The molecule has 0 saturated heterocycles. The van der Waals surface area contributed by atoms with Gasteiger partial charge in [-0.15, -0.1) is 0 Å². The van der Waals surface area contributed by atoms with Gasteiger partial charge >= 0.3 is 5.97 Å². The summed E-state index contributed by atoms with van der Waals surface area (Å²) < 4.78 is 33.0. The first-order valence-electron chi connectivity index (χ1n) is 8.57. The number of methoxy groups -OCH3 is 1. The predicted molar refractivity (Wildman–Crippen MR) is 102 cm³/mol. The van der Waals surface area contributed by atoms with Gasteiger partial charge in [-0.05, 0) is 60.7 Å². The SMILES string of the molecule is COc1ccc(S(N)(=O)=O)cc1C(=O)OCC(=O)Nc1ccc2c(c1)CCC2. The van der Waals surface area contributed by atoms with Crippen LogP contribution in [-0.4, -0.2) is 34.0 Å². The first kappa shape index (κ1) is 19.8. The van der Waals surface area contributed by atoms with E-state index in [4.69, 9.17) is 14.6 Å². The van der Waals surface area contributed by atoms with E-state index in [2.05, 4.69) is 5.32 Å². The average molecular weight is 404 g/mol. The molecule has 1 amide bonds. The van der Waals surface area contributed by atoms with Gasteiger partial charge in [0.05, 0.1) is 12.0 Å². The lowest BCUT2D eigenvalue weighted by atomic mass is 10.1. The van der Waals surface area contributed by atoms with E-state index in [0.717, 1.165) is 25.3 Å². The molecule has 0 heterocycles. The van der Waals surface area contributed by atoms with E-state index >= 15 is 0 Å². The summed E-state index contributed by atoms with van der Waals surface area (Å²) >= 11 is 0. The monoisotopic (exact) mass is 404 g/mol. The molecule has 28 heavy (non-hydrogen) atoms. The van der Waals surface area contributed by atoms with Gasteiger partial charge in [0.25, 0.3) is 5.91 Å². The van der Waals surface area contributed by atoms with Crippen LogP contribution in [0.15, 0.2) is 41.3 Å². The summed E-state index contributed by atoms with van der Waals surface area (Å²) in [6.07, 6.45) is 3.12. The molecular weight excluding hydrogens is 384 g/mol. The summed E-state index contributed by atoms with van der Waals surface area (Å²) in [7, 11) is -2.68. The maximum Gasteiger partial charge on any atom is 0.342 e. The standard InChI is InChI=1S/C19H20N2O6S/c1-26-17-8-7-15(28(20,24)25)10-16(17)19(23)27-11-18(22)21-14-6-5-12-3-2-4-13(12)9-14/h5-10H,2-4,11H2,1H3,(H,21,22)(H2,20,24,25). The highest BCUT2D eigenvalue weighted by molar-refractivity contribution is 7.89. The van der Waals surface area contributed by atoms with Crippen LogP contribution in [0.1, 0.15) is 27.9 Å². The van der Waals surface area contributed by atoms with Gasteiger partial charge in [-0.1, -0.05) is 6.07 Å². The van der Waals surface area contributed by atoms with E-state index in [1.54, 1.807) is 0 Å². The van der Waals surface area contributed by atoms with Crippen LogP contribution in [0.5, 0.6) is 5.75 Å². The number of sulfonamides is 1. The number of hydrogen-bond donors (Lipinski definition) is 2. The van der Waals surface area contributed by atoms with Crippen molar-refractivity contribution in [1.82, 2.24) is 0 Å². The van der Waals surface area contributed by atoms with E-state index in [9.17, 15) is 18.0 Å². The largest absolute Gasteiger partial charge is 0.496 e. The highest BCUT2D eigenvalue weighted by Gasteiger charge is 2.19. The summed E-state index contributed by atoms with van der Waals surface area (Å²) in [4.78, 5) is 24.1. The molecule has 0 unspecified atom stereocenters. The zero-order chi connectivity index (χ0) is 20.3.